The maximum atomic E-state index is 12.6. The summed E-state index contributed by atoms with van der Waals surface area (Å²) in [4.78, 5) is 0. The van der Waals surface area contributed by atoms with E-state index in [1.165, 1.54) is 0 Å². The predicted octanol–water partition coefficient (Wildman–Crippen LogP) is 3.15. The molecular weight excluding hydrogens is 215 g/mol. The summed E-state index contributed by atoms with van der Waals surface area (Å²) in [5.74, 6) is -1.28. The molecule has 1 aromatic carbocycles. The molecule has 0 aromatic heterocycles. The van der Waals surface area contributed by atoms with Crippen LogP contribution < -0.4 is 5.73 Å². The Morgan fingerprint density at radius 1 is 1.06 bits per heavy atom. The zero-order valence-corrected chi connectivity index (χ0v) is 9.00. The van der Waals surface area contributed by atoms with Gasteiger partial charge in [0.15, 0.2) is 0 Å². The molecule has 90 valence electrons. The maximum absolute atomic E-state index is 12.6. The summed E-state index contributed by atoms with van der Waals surface area (Å²) in [6.07, 6.45) is -3.56. The van der Waals surface area contributed by atoms with Crippen LogP contribution in [0.25, 0.3) is 0 Å². The standard InChI is InChI=1S/C12H16F3N/c13-12(14,15)11(8-9-16)7-6-10-4-2-1-3-5-10/h1-5,11H,6-9,16H2/t11-/m0/s1. The van der Waals surface area contributed by atoms with E-state index in [0.29, 0.717) is 6.42 Å². The molecule has 0 heterocycles. The highest BCUT2D eigenvalue weighted by molar-refractivity contribution is 5.14. The van der Waals surface area contributed by atoms with Gasteiger partial charge in [-0.3, -0.25) is 0 Å². The molecule has 0 spiro atoms. The fraction of sp³-hybridized carbons (Fsp3) is 0.500. The van der Waals surface area contributed by atoms with Gasteiger partial charge in [-0.1, -0.05) is 30.3 Å². The quantitative estimate of drug-likeness (QED) is 0.827. The number of benzene rings is 1. The fourth-order valence-corrected chi connectivity index (χ4v) is 1.66. The fourth-order valence-electron chi connectivity index (χ4n) is 1.66. The van der Waals surface area contributed by atoms with Crippen molar-refractivity contribution < 1.29 is 13.2 Å². The van der Waals surface area contributed by atoms with Crippen LogP contribution in [0, 0.1) is 5.92 Å². The van der Waals surface area contributed by atoms with Crippen molar-refractivity contribution in [2.24, 2.45) is 11.7 Å². The molecule has 0 aliphatic carbocycles. The zero-order chi connectivity index (χ0) is 12.0. The third-order valence-corrected chi connectivity index (χ3v) is 2.60. The molecule has 1 atom stereocenters. The Kier molecular flexibility index (Phi) is 4.80. The number of halogens is 3. The minimum absolute atomic E-state index is 0.0103. The van der Waals surface area contributed by atoms with Crippen LogP contribution in [0.4, 0.5) is 13.2 Å². The van der Waals surface area contributed by atoms with Crippen molar-refractivity contribution >= 4 is 0 Å². The van der Waals surface area contributed by atoms with Gasteiger partial charge in [-0.05, 0) is 31.4 Å². The van der Waals surface area contributed by atoms with Gasteiger partial charge < -0.3 is 5.73 Å². The molecule has 2 N–H and O–H groups in total. The first-order valence-corrected chi connectivity index (χ1v) is 5.34. The van der Waals surface area contributed by atoms with Gasteiger partial charge in [0.1, 0.15) is 0 Å². The van der Waals surface area contributed by atoms with Crippen LogP contribution >= 0.6 is 0 Å². The molecule has 1 rings (SSSR count). The minimum atomic E-state index is -4.13. The summed E-state index contributed by atoms with van der Waals surface area (Å²) in [6, 6.07) is 9.21. The Balaban J connectivity index is 2.51. The van der Waals surface area contributed by atoms with Crippen molar-refractivity contribution in [3.63, 3.8) is 0 Å². The zero-order valence-electron chi connectivity index (χ0n) is 9.00. The highest BCUT2D eigenvalue weighted by Crippen LogP contribution is 2.32. The Morgan fingerprint density at radius 2 is 1.69 bits per heavy atom. The normalized spacial score (nSPS) is 13.8. The minimum Gasteiger partial charge on any atom is -0.330 e. The molecular formula is C12H16F3N. The summed E-state index contributed by atoms with van der Waals surface area (Å²) >= 11 is 0. The summed E-state index contributed by atoms with van der Waals surface area (Å²) in [5.41, 5.74) is 6.13. The van der Waals surface area contributed by atoms with E-state index >= 15 is 0 Å². The number of nitrogens with two attached hydrogens (primary N) is 1. The molecule has 0 saturated heterocycles. The Morgan fingerprint density at radius 3 is 2.19 bits per heavy atom. The molecule has 0 unspecified atom stereocenters. The van der Waals surface area contributed by atoms with Gasteiger partial charge in [-0.25, -0.2) is 0 Å². The second-order valence-electron chi connectivity index (χ2n) is 3.84. The van der Waals surface area contributed by atoms with Crippen molar-refractivity contribution in [1.29, 1.82) is 0 Å². The molecule has 4 heteroatoms. The lowest BCUT2D eigenvalue weighted by Gasteiger charge is -2.19. The number of hydrogen-bond donors (Lipinski definition) is 1. The first-order valence-electron chi connectivity index (χ1n) is 5.34. The van der Waals surface area contributed by atoms with E-state index in [1.54, 1.807) is 0 Å². The van der Waals surface area contributed by atoms with Gasteiger partial charge in [0, 0.05) is 0 Å². The van der Waals surface area contributed by atoms with Crippen LogP contribution in [0.3, 0.4) is 0 Å². The van der Waals surface area contributed by atoms with Gasteiger partial charge in [0.2, 0.25) is 0 Å². The average molecular weight is 231 g/mol. The van der Waals surface area contributed by atoms with Crippen LogP contribution in [0.1, 0.15) is 18.4 Å². The van der Waals surface area contributed by atoms with E-state index in [-0.39, 0.29) is 19.4 Å². The van der Waals surface area contributed by atoms with E-state index in [2.05, 4.69) is 0 Å². The van der Waals surface area contributed by atoms with E-state index in [0.717, 1.165) is 5.56 Å². The first kappa shape index (κ1) is 13.0. The monoisotopic (exact) mass is 231 g/mol. The first-order chi connectivity index (χ1) is 7.54. The second kappa shape index (κ2) is 5.89. The summed E-state index contributed by atoms with van der Waals surface area (Å²) in [6.45, 7) is 0.0823. The smallest absolute Gasteiger partial charge is 0.330 e. The number of hydrogen-bond acceptors (Lipinski definition) is 1. The van der Waals surface area contributed by atoms with Crippen LogP contribution in [-0.2, 0) is 6.42 Å². The maximum Gasteiger partial charge on any atom is 0.391 e. The SMILES string of the molecule is NCC[C@H](CCc1ccccc1)C(F)(F)F. The van der Waals surface area contributed by atoms with Gasteiger partial charge in [-0.2, -0.15) is 13.2 Å². The van der Waals surface area contributed by atoms with E-state index in [4.69, 9.17) is 5.73 Å². The number of rotatable bonds is 5. The highest BCUT2D eigenvalue weighted by Gasteiger charge is 2.38. The van der Waals surface area contributed by atoms with Crippen molar-refractivity contribution in [2.45, 2.75) is 25.4 Å². The predicted molar refractivity (Wildman–Crippen MR) is 58.0 cm³/mol. The molecule has 0 aliphatic rings. The van der Waals surface area contributed by atoms with Crippen LogP contribution in [0.5, 0.6) is 0 Å². The van der Waals surface area contributed by atoms with Crippen molar-refractivity contribution in [3.05, 3.63) is 35.9 Å². The number of alkyl halides is 3. The van der Waals surface area contributed by atoms with Crippen molar-refractivity contribution in [3.8, 4) is 0 Å². The molecule has 0 fully saturated rings. The molecule has 0 radical (unpaired) electrons. The topological polar surface area (TPSA) is 26.0 Å². The Bertz CT molecular complexity index is 295. The third-order valence-electron chi connectivity index (χ3n) is 2.60. The average Bonchev–Trinajstić information content (AvgIpc) is 2.24. The van der Waals surface area contributed by atoms with E-state index in [9.17, 15) is 13.2 Å². The van der Waals surface area contributed by atoms with Crippen LogP contribution in [-0.4, -0.2) is 12.7 Å². The molecule has 1 nitrogen and oxygen atoms in total. The van der Waals surface area contributed by atoms with Crippen molar-refractivity contribution in [1.82, 2.24) is 0 Å². The summed E-state index contributed by atoms with van der Waals surface area (Å²) < 4.78 is 37.7. The lowest BCUT2D eigenvalue weighted by molar-refractivity contribution is -0.177. The third kappa shape index (κ3) is 4.23. The van der Waals surface area contributed by atoms with E-state index in [1.807, 2.05) is 30.3 Å². The highest BCUT2D eigenvalue weighted by atomic mass is 19.4. The van der Waals surface area contributed by atoms with Gasteiger partial charge in [0.25, 0.3) is 0 Å². The van der Waals surface area contributed by atoms with E-state index < -0.39 is 12.1 Å². The number of aryl methyl sites for hydroxylation is 1. The molecule has 0 saturated carbocycles. The lowest BCUT2D eigenvalue weighted by Crippen LogP contribution is -2.26. The second-order valence-corrected chi connectivity index (χ2v) is 3.84. The molecule has 0 amide bonds. The molecule has 0 aliphatic heterocycles. The summed E-state index contributed by atoms with van der Waals surface area (Å²) in [5, 5.41) is 0. The van der Waals surface area contributed by atoms with Gasteiger partial charge in [-0.15, -0.1) is 0 Å². The van der Waals surface area contributed by atoms with Crippen molar-refractivity contribution in [2.75, 3.05) is 6.54 Å². The largest absolute Gasteiger partial charge is 0.391 e. The summed E-state index contributed by atoms with van der Waals surface area (Å²) in [7, 11) is 0. The molecule has 1 aromatic rings. The van der Waals surface area contributed by atoms with Crippen LogP contribution in [0.2, 0.25) is 0 Å². The molecule has 0 bridgehead atoms. The molecule has 16 heavy (non-hydrogen) atoms. The van der Waals surface area contributed by atoms with Gasteiger partial charge in [0.05, 0.1) is 5.92 Å². The lowest BCUT2D eigenvalue weighted by atomic mass is 9.96. The Hall–Kier alpha value is -1.03. The Labute approximate surface area is 93.5 Å². The van der Waals surface area contributed by atoms with Crippen LogP contribution in [0.15, 0.2) is 30.3 Å². The van der Waals surface area contributed by atoms with Gasteiger partial charge >= 0.3 is 6.18 Å².